The Kier molecular flexibility index (Phi) is 8.21. The zero-order valence-corrected chi connectivity index (χ0v) is 21.0. The first-order valence-corrected chi connectivity index (χ1v) is 11.9. The molecule has 3 aromatic carbocycles. The molecule has 1 aromatic heterocycles. The third kappa shape index (κ3) is 6.62. The molecular weight excluding hydrogens is 497 g/mol. The quantitative estimate of drug-likeness (QED) is 0.251. The average molecular weight is 520 g/mol. The van der Waals surface area contributed by atoms with Crippen molar-refractivity contribution in [1.29, 1.82) is 0 Å². The number of benzene rings is 3. The lowest BCUT2D eigenvalue weighted by atomic mass is 10.1. The molecule has 182 valence electrons. The van der Waals surface area contributed by atoms with E-state index in [1.807, 2.05) is 24.3 Å². The Balaban J connectivity index is 1.62. The molecule has 6 nitrogen and oxygen atoms in total. The number of rotatable bonds is 8. The van der Waals surface area contributed by atoms with Crippen LogP contribution in [0.4, 0.5) is 11.4 Å². The lowest BCUT2D eigenvalue weighted by Gasteiger charge is -2.23. The van der Waals surface area contributed by atoms with E-state index in [0.29, 0.717) is 32.7 Å². The summed E-state index contributed by atoms with van der Waals surface area (Å²) >= 11 is 12.6. The first-order valence-electron chi connectivity index (χ1n) is 11.2. The molecule has 1 heterocycles. The van der Waals surface area contributed by atoms with Gasteiger partial charge in [-0.1, -0.05) is 47.5 Å². The topological polar surface area (TPSA) is 74.9 Å². The van der Waals surface area contributed by atoms with Crippen molar-refractivity contribution < 1.29 is 14.0 Å². The van der Waals surface area contributed by atoms with E-state index in [9.17, 15) is 9.59 Å². The van der Waals surface area contributed by atoms with Crippen LogP contribution in [0.15, 0.2) is 94.5 Å². The van der Waals surface area contributed by atoms with Gasteiger partial charge in [0.2, 0.25) is 5.91 Å². The van der Waals surface area contributed by atoms with Gasteiger partial charge in [0.1, 0.15) is 5.76 Å². The second kappa shape index (κ2) is 11.7. The normalized spacial score (nSPS) is 11.0. The average Bonchev–Trinajstić information content (AvgIpc) is 3.37. The third-order valence-corrected chi connectivity index (χ3v) is 5.87. The number of carbonyl (C=O) groups excluding carboxylic acids is 2. The van der Waals surface area contributed by atoms with Crippen LogP contribution in [0.2, 0.25) is 10.0 Å². The summed E-state index contributed by atoms with van der Waals surface area (Å²) in [6.07, 6.45) is 3.29. The zero-order chi connectivity index (χ0) is 25.5. The minimum atomic E-state index is -0.236. The molecule has 1 N–H and O–H groups in total. The van der Waals surface area contributed by atoms with Crippen LogP contribution < -0.4 is 5.32 Å². The molecule has 0 radical (unpaired) electrons. The van der Waals surface area contributed by atoms with E-state index in [1.54, 1.807) is 72.0 Å². The molecule has 36 heavy (non-hydrogen) atoms. The maximum absolute atomic E-state index is 13.5. The van der Waals surface area contributed by atoms with Gasteiger partial charge in [-0.15, -0.1) is 0 Å². The number of carbonyl (C=O) groups is 2. The van der Waals surface area contributed by atoms with Crippen LogP contribution in [0.5, 0.6) is 0 Å². The molecular formula is C28H23Cl2N3O3. The lowest BCUT2D eigenvalue weighted by Crippen LogP contribution is -2.30. The van der Waals surface area contributed by atoms with Gasteiger partial charge in [-0.05, 0) is 65.7 Å². The van der Waals surface area contributed by atoms with Crippen molar-refractivity contribution in [3.05, 3.63) is 118 Å². The first-order chi connectivity index (χ1) is 17.4. The van der Waals surface area contributed by atoms with Gasteiger partial charge in [-0.25, -0.2) is 0 Å². The van der Waals surface area contributed by atoms with Gasteiger partial charge in [-0.3, -0.25) is 14.6 Å². The number of amides is 2. The van der Waals surface area contributed by atoms with Crippen molar-refractivity contribution >= 4 is 52.6 Å². The monoisotopic (exact) mass is 519 g/mol. The van der Waals surface area contributed by atoms with Gasteiger partial charge in [0.15, 0.2) is 0 Å². The molecule has 0 unspecified atom stereocenters. The van der Waals surface area contributed by atoms with E-state index in [-0.39, 0.29) is 24.9 Å². The Morgan fingerprint density at radius 2 is 1.75 bits per heavy atom. The summed E-state index contributed by atoms with van der Waals surface area (Å²) in [5.74, 6) is 0.273. The summed E-state index contributed by atoms with van der Waals surface area (Å²) in [7, 11) is 0. The predicted octanol–water partition coefficient (Wildman–Crippen LogP) is 7.14. The fourth-order valence-corrected chi connectivity index (χ4v) is 4.02. The molecule has 0 aliphatic rings. The van der Waals surface area contributed by atoms with Gasteiger partial charge < -0.3 is 14.6 Å². The molecule has 0 fully saturated rings. The summed E-state index contributed by atoms with van der Waals surface area (Å²) in [6, 6.07) is 23.2. The maximum atomic E-state index is 13.5. The van der Waals surface area contributed by atoms with Gasteiger partial charge in [0.25, 0.3) is 5.91 Å². The predicted molar refractivity (Wildman–Crippen MR) is 143 cm³/mol. The second-order valence-corrected chi connectivity index (χ2v) is 8.90. The number of furan rings is 1. The van der Waals surface area contributed by atoms with Crippen molar-refractivity contribution in [3.63, 3.8) is 0 Å². The second-order valence-electron chi connectivity index (χ2n) is 8.05. The molecule has 0 saturated heterocycles. The highest BCUT2D eigenvalue weighted by atomic mass is 35.5. The van der Waals surface area contributed by atoms with Crippen molar-refractivity contribution in [1.82, 2.24) is 4.90 Å². The largest absolute Gasteiger partial charge is 0.467 e. The van der Waals surface area contributed by atoms with E-state index in [0.717, 1.165) is 11.1 Å². The number of nitrogens with zero attached hydrogens (tertiary/aromatic N) is 2. The SMILES string of the molecule is CC(=O)Nc1ccc(/C=N/c2ccc(Cl)cc2CN(Cc2ccco2)C(=O)c2ccccc2Cl)cc1. The number of hydrogen-bond acceptors (Lipinski definition) is 4. The smallest absolute Gasteiger partial charge is 0.256 e. The zero-order valence-electron chi connectivity index (χ0n) is 19.4. The number of hydrogen-bond donors (Lipinski definition) is 1. The van der Waals surface area contributed by atoms with Gasteiger partial charge in [0, 0.05) is 30.4 Å². The number of nitrogens with one attached hydrogen (secondary N) is 1. The highest BCUT2D eigenvalue weighted by Gasteiger charge is 2.21. The fourth-order valence-electron chi connectivity index (χ4n) is 3.61. The minimum Gasteiger partial charge on any atom is -0.467 e. The Bertz CT molecular complexity index is 1380. The highest BCUT2D eigenvalue weighted by Crippen LogP contribution is 2.27. The van der Waals surface area contributed by atoms with Gasteiger partial charge in [-0.2, -0.15) is 0 Å². The molecule has 0 aliphatic carbocycles. The summed E-state index contributed by atoms with van der Waals surface area (Å²) in [4.78, 5) is 31.0. The van der Waals surface area contributed by atoms with E-state index >= 15 is 0 Å². The summed E-state index contributed by atoms with van der Waals surface area (Å²) < 4.78 is 5.50. The van der Waals surface area contributed by atoms with E-state index in [4.69, 9.17) is 27.6 Å². The summed E-state index contributed by atoms with van der Waals surface area (Å²) in [5, 5.41) is 3.64. The highest BCUT2D eigenvalue weighted by molar-refractivity contribution is 6.33. The minimum absolute atomic E-state index is 0.132. The van der Waals surface area contributed by atoms with E-state index in [1.165, 1.54) is 6.92 Å². The van der Waals surface area contributed by atoms with Crippen molar-refractivity contribution in [2.45, 2.75) is 20.0 Å². The molecule has 0 bridgehead atoms. The van der Waals surface area contributed by atoms with E-state index < -0.39 is 0 Å². The van der Waals surface area contributed by atoms with Crippen molar-refractivity contribution in [2.75, 3.05) is 5.32 Å². The van der Waals surface area contributed by atoms with Crippen LogP contribution in [0.1, 0.15) is 34.2 Å². The van der Waals surface area contributed by atoms with Crippen molar-refractivity contribution in [2.24, 2.45) is 4.99 Å². The summed E-state index contributed by atoms with van der Waals surface area (Å²) in [6.45, 7) is 1.94. The number of aliphatic imine (C=N–C) groups is 1. The molecule has 0 saturated carbocycles. The fraction of sp³-hybridized carbons (Fsp3) is 0.107. The molecule has 0 aliphatic heterocycles. The van der Waals surface area contributed by atoms with Gasteiger partial charge >= 0.3 is 0 Å². The van der Waals surface area contributed by atoms with E-state index in [2.05, 4.69) is 10.3 Å². The van der Waals surface area contributed by atoms with Crippen LogP contribution in [0, 0.1) is 0 Å². The Morgan fingerprint density at radius 3 is 2.44 bits per heavy atom. The van der Waals surface area contributed by atoms with Gasteiger partial charge in [0.05, 0.1) is 29.1 Å². The molecule has 8 heteroatoms. The standard InChI is InChI=1S/C28H23Cl2N3O3/c1-19(34)32-23-11-8-20(9-12-23)16-31-27-13-10-22(29)15-21(27)17-33(18-24-5-4-14-36-24)28(35)25-6-2-3-7-26(25)30/h2-16H,17-18H2,1H3,(H,32,34)/b31-16+. The van der Waals surface area contributed by atoms with Crippen LogP contribution in [0.3, 0.4) is 0 Å². The number of anilines is 1. The molecule has 0 spiro atoms. The van der Waals surface area contributed by atoms with Crippen LogP contribution in [-0.4, -0.2) is 22.9 Å². The summed E-state index contributed by atoms with van der Waals surface area (Å²) in [5.41, 5.74) is 3.39. The van der Waals surface area contributed by atoms with Crippen LogP contribution >= 0.6 is 23.2 Å². The Labute approximate surface area is 219 Å². The lowest BCUT2D eigenvalue weighted by molar-refractivity contribution is -0.114. The van der Waals surface area contributed by atoms with Crippen molar-refractivity contribution in [3.8, 4) is 0 Å². The Morgan fingerprint density at radius 1 is 0.972 bits per heavy atom. The molecule has 2 amide bonds. The van der Waals surface area contributed by atoms with Crippen LogP contribution in [0.25, 0.3) is 0 Å². The molecule has 4 aromatic rings. The maximum Gasteiger partial charge on any atom is 0.256 e. The van der Waals surface area contributed by atoms with Crippen LogP contribution in [-0.2, 0) is 17.9 Å². The first kappa shape index (κ1) is 25.2. The molecule has 4 rings (SSSR count). The third-order valence-electron chi connectivity index (χ3n) is 5.30. The Hall–Kier alpha value is -3.87. The molecule has 0 atom stereocenters. The number of halogens is 2.